The molecule has 0 aromatic rings. The molecule has 0 aliphatic heterocycles. The van der Waals surface area contributed by atoms with Gasteiger partial charge in [-0.15, -0.1) is 0 Å². The highest BCUT2D eigenvalue weighted by Crippen LogP contribution is 2.19. The highest BCUT2D eigenvalue weighted by atomic mass is 16.5. The number of aliphatic hydroxyl groups excluding tert-OH is 2. The smallest absolute Gasteiger partial charge is 0.305 e. The Morgan fingerprint density at radius 2 is 0.625 bits per heavy atom. The van der Waals surface area contributed by atoms with Crippen LogP contribution in [0, 0.1) is 0 Å². The summed E-state index contributed by atoms with van der Waals surface area (Å²) < 4.78 is 5.51. The molecule has 1 amide bonds. The molecule has 80 heavy (non-hydrogen) atoms. The number of ether oxygens (including phenoxy) is 1. The normalized spacial score (nSPS) is 12.7. The lowest BCUT2D eigenvalue weighted by Crippen LogP contribution is -2.45. The topological polar surface area (TPSA) is 95.9 Å². The van der Waals surface area contributed by atoms with E-state index in [1.165, 1.54) is 321 Å². The number of rotatable bonds is 68. The van der Waals surface area contributed by atoms with Crippen LogP contribution in [-0.2, 0) is 14.3 Å². The van der Waals surface area contributed by atoms with Crippen molar-refractivity contribution >= 4 is 11.9 Å². The van der Waals surface area contributed by atoms with Crippen molar-refractivity contribution in [1.29, 1.82) is 0 Å². The van der Waals surface area contributed by atoms with E-state index in [1.807, 2.05) is 6.08 Å². The third-order valence-corrected chi connectivity index (χ3v) is 16.9. The van der Waals surface area contributed by atoms with Crippen LogP contribution in [0.3, 0.4) is 0 Å². The maximum atomic E-state index is 12.5. The van der Waals surface area contributed by atoms with Gasteiger partial charge in [0.2, 0.25) is 5.91 Å². The number of aliphatic hydroxyl groups is 2. The minimum absolute atomic E-state index is 0.0152. The quantitative estimate of drug-likeness (QED) is 0.0320. The zero-order chi connectivity index (χ0) is 57.8. The second kappa shape index (κ2) is 69.6. The Labute approximate surface area is 500 Å². The number of hydrogen-bond donors (Lipinski definition) is 3. The molecule has 6 nitrogen and oxygen atoms in total. The van der Waals surface area contributed by atoms with Gasteiger partial charge in [-0.2, -0.15) is 0 Å². The third-order valence-electron chi connectivity index (χ3n) is 16.9. The molecule has 0 aliphatic carbocycles. The average molecular weight is 1120 g/mol. The molecule has 0 fully saturated rings. The lowest BCUT2D eigenvalue weighted by atomic mass is 10.0. The van der Waals surface area contributed by atoms with E-state index in [0.29, 0.717) is 19.4 Å². The van der Waals surface area contributed by atoms with Crippen molar-refractivity contribution in [3.8, 4) is 0 Å². The molecule has 0 aromatic carbocycles. The lowest BCUT2D eigenvalue weighted by molar-refractivity contribution is -0.143. The number of allylic oxidation sites excluding steroid dienone is 5. The van der Waals surface area contributed by atoms with Crippen LogP contribution in [0.1, 0.15) is 399 Å². The lowest BCUT2D eigenvalue weighted by Gasteiger charge is -2.20. The third kappa shape index (κ3) is 65.2. The minimum Gasteiger partial charge on any atom is -0.466 e. The van der Waals surface area contributed by atoms with Crippen LogP contribution in [0.15, 0.2) is 36.5 Å². The van der Waals surface area contributed by atoms with E-state index in [9.17, 15) is 19.8 Å². The first-order valence-electron chi connectivity index (χ1n) is 36.3. The molecule has 0 bridgehead atoms. The first kappa shape index (κ1) is 78.1. The highest BCUT2D eigenvalue weighted by molar-refractivity contribution is 5.76. The zero-order valence-electron chi connectivity index (χ0n) is 54.1. The van der Waals surface area contributed by atoms with E-state index in [4.69, 9.17) is 4.74 Å². The number of hydrogen-bond acceptors (Lipinski definition) is 5. The molecule has 3 N–H and O–H groups in total. The summed E-state index contributed by atoms with van der Waals surface area (Å²) in [7, 11) is 0. The Bertz CT molecular complexity index is 1300. The van der Waals surface area contributed by atoms with Crippen molar-refractivity contribution in [2.45, 2.75) is 411 Å². The van der Waals surface area contributed by atoms with Gasteiger partial charge in [-0.25, -0.2) is 0 Å². The van der Waals surface area contributed by atoms with E-state index >= 15 is 0 Å². The van der Waals surface area contributed by atoms with Crippen LogP contribution in [0.4, 0.5) is 0 Å². The second-order valence-electron chi connectivity index (χ2n) is 24.9. The number of nitrogens with one attached hydrogen (secondary N) is 1. The summed E-state index contributed by atoms with van der Waals surface area (Å²) in [6.07, 6.45) is 89.4. The summed E-state index contributed by atoms with van der Waals surface area (Å²) in [4.78, 5) is 24.6. The fraction of sp³-hybridized carbons (Fsp3) is 0.892. The van der Waals surface area contributed by atoms with Gasteiger partial charge in [0.15, 0.2) is 0 Å². The van der Waals surface area contributed by atoms with Crippen LogP contribution < -0.4 is 5.32 Å². The van der Waals surface area contributed by atoms with Crippen molar-refractivity contribution < 1.29 is 24.5 Å². The van der Waals surface area contributed by atoms with Crippen LogP contribution in [0.2, 0.25) is 0 Å². The number of carbonyl (C=O) groups is 2. The Hall–Kier alpha value is -1.92. The Morgan fingerprint density at radius 1 is 0.350 bits per heavy atom. The number of amides is 1. The van der Waals surface area contributed by atoms with Gasteiger partial charge >= 0.3 is 5.97 Å². The fourth-order valence-electron chi connectivity index (χ4n) is 11.4. The largest absolute Gasteiger partial charge is 0.466 e. The molecule has 0 rings (SSSR count). The van der Waals surface area contributed by atoms with Crippen LogP contribution in [0.25, 0.3) is 0 Å². The summed E-state index contributed by atoms with van der Waals surface area (Å²) in [5.74, 6) is -0.0470. The van der Waals surface area contributed by atoms with Crippen molar-refractivity contribution in [2.24, 2.45) is 0 Å². The van der Waals surface area contributed by atoms with Crippen molar-refractivity contribution in [3.05, 3.63) is 36.5 Å². The fourth-order valence-corrected chi connectivity index (χ4v) is 11.4. The molecule has 0 saturated heterocycles. The van der Waals surface area contributed by atoms with E-state index in [1.54, 1.807) is 6.08 Å². The first-order chi connectivity index (χ1) is 39.5. The molecule has 2 atom stereocenters. The molecule has 0 aromatic heterocycles. The maximum Gasteiger partial charge on any atom is 0.305 e. The summed E-state index contributed by atoms with van der Waals surface area (Å²) in [6.45, 7) is 4.91. The van der Waals surface area contributed by atoms with E-state index < -0.39 is 12.1 Å². The molecular formula is C74H141NO5. The molecule has 0 heterocycles. The number of unbranched alkanes of at least 4 members (excludes halogenated alkanes) is 53. The summed E-state index contributed by atoms with van der Waals surface area (Å²) >= 11 is 0. The number of carbonyl (C=O) groups excluding carboxylic acids is 2. The molecule has 0 radical (unpaired) electrons. The van der Waals surface area contributed by atoms with Gasteiger partial charge in [0, 0.05) is 12.8 Å². The van der Waals surface area contributed by atoms with Crippen molar-refractivity contribution in [3.63, 3.8) is 0 Å². The van der Waals surface area contributed by atoms with Gasteiger partial charge in [-0.05, 0) is 64.2 Å². The summed E-state index contributed by atoms with van der Waals surface area (Å²) in [6, 6.07) is -0.626. The van der Waals surface area contributed by atoms with Gasteiger partial charge in [-0.1, -0.05) is 359 Å². The average Bonchev–Trinajstić information content (AvgIpc) is 3.46. The van der Waals surface area contributed by atoms with Crippen LogP contribution >= 0.6 is 0 Å². The first-order valence-corrected chi connectivity index (χ1v) is 36.3. The SMILES string of the molecule is CCCCC/C=C\C/C=C\CCCCCCCCCCCC(=O)OCCCCCCCCCCCCCCCCCCCCCCCCCCCCCCC(=O)NC(CO)C(O)/C=C/CCCCCCCCCCCCCCCC. The van der Waals surface area contributed by atoms with Crippen molar-refractivity contribution in [2.75, 3.05) is 13.2 Å². The van der Waals surface area contributed by atoms with E-state index in [0.717, 1.165) is 51.4 Å². The maximum absolute atomic E-state index is 12.5. The Kier molecular flexibility index (Phi) is 67.9. The monoisotopic (exact) mass is 1120 g/mol. The Morgan fingerprint density at radius 3 is 0.975 bits per heavy atom. The highest BCUT2D eigenvalue weighted by Gasteiger charge is 2.18. The van der Waals surface area contributed by atoms with Gasteiger partial charge in [0.25, 0.3) is 0 Å². The molecule has 2 unspecified atom stereocenters. The van der Waals surface area contributed by atoms with E-state index in [2.05, 4.69) is 43.5 Å². The zero-order valence-corrected chi connectivity index (χ0v) is 54.1. The summed E-state index contributed by atoms with van der Waals surface area (Å²) in [5, 5.41) is 23.2. The van der Waals surface area contributed by atoms with Crippen LogP contribution in [-0.4, -0.2) is 47.4 Å². The van der Waals surface area contributed by atoms with Gasteiger partial charge < -0.3 is 20.3 Å². The Balaban J connectivity index is 3.35. The predicted molar refractivity (Wildman–Crippen MR) is 352 cm³/mol. The van der Waals surface area contributed by atoms with Gasteiger partial charge in [0.05, 0.1) is 25.4 Å². The molecular weight excluding hydrogens is 983 g/mol. The number of esters is 1. The predicted octanol–water partition coefficient (Wildman–Crippen LogP) is 23.5. The molecule has 0 saturated carbocycles. The second-order valence-corrected chi connectivity index (χ2v) is 24.9. The standard InChI is InChI=1S/C74H141NO5/c1-3-5-7-9-11-13-15-17-19-21-32-36-40-44-48-52-56-60-64-68-74(79)80-69-65-61-57-53-49-45-41-37-34-31-29-27-25-23-22-24-26-28-30-33-35-39-43-47-51-55-59-63-67-73(78)75-71(70-76)72(77)66-62-58-54-50-46-42-38-20-18-16-14-12-10-8-6-4-2/h11,13,17,19,62,66,71-72,76-77H,3-10,12,14-16,18,20-61,63-65,67-70H2,1-2H3,(H,75,78)/b13-11-,19-17-,66-62+. The van der Waals surface area contributed by atoms with Crippen molar-refractivity contribution in [1.82, 2.24) is 5.32 Å². The summed E-state index contributed by atoms with van der Waals surface area (Å²) in [5.41, 5.74) is 0. The molecule has 0 spiro atoms. The van der Waals surface area contributed by atoms with E-state index in [-0.39, 0.29) is 18.5 Å². The molecule has 0 aliphatic rings. The van der Waals surface area contributed by atoms with Gasteiger partial charge in [0.1, 0.15) is 0 Å². The van der Waals surface area contributed by atoms with Gasteiger partial charge in [-0.3, -0.25) is 9.59 Å². The van der Waals surface area contributed by atoms with Crippen LogP contribution in [0.5, 0.6) is 0 Å². The minimum atomic E-state index is -0.842. The molecule has 6 heteroatoms. The molecule has 472 valence electrons.